The third kappa shape index (κ3) is 2.47. The number of fused-ring (bicyclic) bond motifs is 1. The van der Waals surface area contributed by atoms with Crippen molar-refractivity contribution in [2.24, 2.45) is 0 Å². The second-order valence-electron chi connectivity index (χ2n) is 4.35. The Morgan fingerprint density at radius 2 is 2.26 bits per heavy atom. The van der Waals surface area contributed by atoms with Gasteiger partial charge < -0.3 is 16.4 Å². The average Bonchev–Trinajstić information content (AvgIpc) is 2.75. The molecule has 1 aromatic carbocycles. The summed E-state index contributed by atoms with van der Waals surface area (Å²) in [5.41, 5.74) is 8.41. The van der Waals surface area contributed by atoms with Gasteiger partial charge in [-0.2, -0.15) is 0 Å². The van der Waals surface area contributed by atoms with Crippen molar-refractivity contribution in [3.63, 3.8) is 0 Å². The first-order valence-corrected chi connectivity index (χ1v) is 5.95. The molecule has 6 nitrogen and oxygen atoms in total. The van der Waals surface area contributed by atoms with Crippen LogP contribution < -0.4 is 16.4 Å². The number of nitrogens with one attached hydrogen (secondary N) is 2. The normalized spacial score (nSPS) is 12.9. The third-order valence-electron chi connectivity index (χ3n) is 2.91. The van der Waals surface area contributed by atoms with Gasteiger partial charge in [-0.15, -0.1) is 0 Å². The van der Waals surface area contributed by atoms with Crippen LogP contribution in [0.5, 0.6) is 0 Å². The van der Waals surface area contributed by atoms with Crippen LogP contribution in [-0.2, 0) is 17.8 Å². The van der Waals surface area contributed by atoms with Crippen LogP contribution in [-0.4, -0.2) is 15.9 Å². The van der Waals surface area contributed by atoms with Crippen molar-refractivity contribution in [3.8, 4) is 0 Å². The van der Waals surface area contributed by atoms with E-state index in [-0.39, 0.29) is 5.91 Å². The summed E-state index contributed by atoms with van der Waals surface area (Å²) in [4.78, 5) is 19.5. The van der Waals surface area contributed by atoms with Crippen LogP contribution in [0.1, 0.15) is 11.4 Å². The summed E-state index contributed by atoms with van der Waals surface area (Å²) in [7, 11) is 0. The van der Waals surface area contributed by atoms with Gasteiger partial charge in [-0.05, 0) is 29.8 Å². The van der Waals surface area contributed by atoms with Crippen molar-refractivity contribution in [2.75, 3.05) is 16.4 Å². The molecule has 3 rings (SSSR count). The minimum absolute atomic E-state index is 0.0336. The standard InChI is InChI=1S/C13H13N5O/c14-11-3-4-15-12(18-11)7-16-9-1-2-10-8(5-9)6-13(19)17-10/h1-5,16H,6-7H2,(H,17,19)(H2,14,15,18). The highest BCUT2D eigenvalue weighted by molar-refractivity contribution is 5.99. The molecule has 0 aliphatic carbocycles. The second-order valence-corrected chi connectivity index (χ2v) is 4.35. The number of nitrogens with zero attached hydrogens (tertiary/aromatic N) is 2. The maximum atomic E-state index is 11.3. The molecule has 0 unspecified atom stereocenters. The molecule has 96 valence electrons. The van der Waals surface area contributed by atoms with Gasteiger partial charge in [0.1, 0.15) is 11.6 Å². The molecule has 19 heavy (non-hydrogen) atoms. The lowest BCUT2D eigenvalue weighted by Gasteiger charge is -2.07. The van der Waals surface area contributed by atoms with Gasteiger partial charge in [0.15, 0.2) is 0 Å². The fraction of sp³-hybridized carbons (Fsp3) is 0.154. The summed E-state index contributed by atoms with van der Waals surface area (Å²) in [6.07, 6.45) is 2.06. The monoisotopic (exact) mass is 255 g/mol. The van der Waals surface area contributed by atoms with E-state index in [4.69, 9.17) is 5.73 Å². The highest BCUT2D eigenvalue weighted by Gasteiger charge is 2.17. The molecule has 2 heterocycles. The second kappa shape index (κ2) is 4.56. The number of amides is 1. The van der Waals surface area contributed by atoms with Crippen LogP contribution in [0.2, 0.25) is 0 Å². The van der Waals surface area contributed by atoms with Gasteiger partial charge in [0.25, 0.3) is 0 Å². The zero-order chi connectivity index (χ0) is 13.2. The van der Waals surface area contributed by atoms with Gasteiger partial charge in [-0.25, -0.2) is 9.97 Å². The number of nitrogens with two attached hydrogens (primary N) is 1. The molecule has 0 radical (unpaired) electrons. The van der Waals surface area contributed by atoms with Crippen molar-refractivity contribution in [3.05, 3.63) is 41.9 Å². The largest absolute Gasteiger partial charge is 0.384 e. The van der Waals surface area contributed by atoms with Crippen LogP contribution in [0.4, 0.5) is 17.2 Å². The van der Waals surface area contributed by atoms with Crippen LogP contribution in [0.15, 0.2) is 30.5 Å². The summed E-state index contributed by atoms with van der Waals surface area (Å²) in [6, 6.07) is 7.41. The number of hydrogen-bond donors (Lipinski definition) is 3. The number of carbonyl (C=O) groups excluding carboxylic acids is 1. The Bertz CT molecular complexity index is 641. The summed E-state index contributed by atoms with van der Waals surface area (Å²) in [6.45, 7) is 0.491. The topological polar surface area (TPSA) is 92.9 Å². The first-order valence-electron chi connectivity index (χ1n) is 5.95. The number of rotatable bonds is 3. The van der Waals surface area contributed by atoms with E-state index in [1.165, 1.54) is 0 Å². The molecule has 1 aliphatic rings. The molecule has 0 spiro atoms. The van der Waals surface area contributed by atoms with E-state index < -0.39 is 0 Å². The minimum atomic E-state index is 0.0336. The Hall–Kier alpha value is -2.63. The molecular formula is C13H13N5O. The minimum Gasteiger partial charge on any atom is -0.384 e. The molecule has 1 aromatic heterocycles. The lowest BCUT2D eigenvalue weighted by molar-refractivity contribution is -0.115. The van der Waals surface area contributed by atoms with Gasteiger partial charge >= 0.3 is 0 Å². The molecule has 6 heteroatoms. The number of aromatic nitrogens is 2. The van der Waals surface area contributed by atoms with E-state index in [9.17, 15) is 4.79 Å². The summed E-state index contributed by atoms with van der Waals surface area (Å²) in [5.74, 6) is 1.12. The third-order valence-corrected chi connectivity index (χ3v) is 2.91. The fourth-order valence-electron chi connectivity index (χ4n) is 2.02. The Kier molecular flexibility index (Phi) is 2.75. The van der Waals surface area contributed by atoms with Crippen LogP contribution in [0, 0.1) is 0 Å². The fourth-order valence-corrected chi connectivity index (χ4v) is 2.02. The molecule has 0 atom stereocenters. The predicted molar refractivity (Wildman–Crippen MR) is 72.5 cm³/mol. The van der Waals surface area contributed by atoms with E-state index in [1.54, 1.807) is 12.3 Å². The lowest BCUT2D eigenvalue weighted by atomic mass is 10.1. The van der Waals surface area contributed by atoms with E-state index in [1.807, 2.05) is 18.2 Å². The molecule has 0 saturated carbocycles. The van der Waals surface area contributed by atoms with Gasteiger partial charge in [0, 0.05) is 17.6 Å². The van der Waals surface area contributed by atoms with E-state index >= 15 is 0 Å². The summed E-state index contributed by atoms with van der Waals surface area (Å²) < 4.78 is 0. The van der Waals surface area contributed by atoms with Crippen molar-refractivity contribution < 1.29 is 4.79 Å². The number of anilines is 3. The highest BCUT2D eigenvalue weighted by atomic mass is 16.1. The van der Waals surface area contributed by atoms with E-state index in [2.05, 4.69) is 20.6 Å². The predicted octanol–water partition coefficient (Wildman–Crippen LogP) is 1.17. The number of benzene rings is 1. The molecule has 0 bridgehead atoms. The first-order chi connectivity index (χ1) is 9.20. The Labute approximate surface area is 110 Å². The lowest BCUT2D eigenvalue weighted by Crippen LogP contribution is -2.05. The van der Waals surface area contributed by atoms with Gasteiger partial charge in [-0.1, -0.05) is 0 Å². The molecule has 1 aliphatic heterocycles. The SMILES string of the molecule is Nc1ccnc(CNc2ccc3c(c2)CC(=O)N3)n1. The maximum Gasteiger partial charge on any atom is 0.228 e. The number of nitrogen functional groups attached to an aromatic ring is 1. The van der Waals surface area contributed by atoms with Crippen LogP contribution in [0.25, 0.3) is 0 Å². The van der Waals surface area contributed by atoms with E-state index in [0.29, 0.717) is 24.6 Å². The molecule has 0 saturated heterocycles. The molecule has 0 fully saturated rings. The van der Waals surface area contributed by atoms with E-state index in [0.717, 1.165) is 16.9 Å². The molecule has 4 N–H and O–H groups in total. The molecular weight excluding hydrogens is 242 g/mol. The van der Waals surface area contributed by atoms with Gasteiger partial charge in [-0.3, -0.25) is 4.79 Å². The zero-order valence-electron chi connectivity index (χ0n) is 10.2. The van der Waals surface area contributed by atoms with Gasteiger partial charge in [0.2, 0.25) is 5.91 Å². The van der Waals surface area contributed by atoms with Crippen molar-refractivity contribution in [1.29, 1.82) is 0 Å². The quantitative estimate of drug-likeness (QED) is 0.765. The van der Waals surface area contributed by atoms with Crippen molar-refractivity contribution in [2.45, 2.75) is 13.0 Å². The highest BCUT2D eigenvalue weighted by Crippen LogP contribution is 2.26. The molecule has 1 amide bonds. The van der Waals surface area contributed by atoms with Crippen LogP contribution in [0.3, 0.4) is 0 Å². The molecule has 2 aromatic rings. The van der Waals surface area contributed by atoms with Gasteiger partial charge in [0.05, 0.1) is 13.0 Å². The Balaban J connectivity index is 1.71. The maximum absolute atomic E-state index is 11.3. The van der Waals surface area contributed by atoms with Crippen molar-refractivity contribution in [1.82, 2.24) is 9.97 Å². The first kappa shape index (κ1) is 11.5. The summed E-state index contributed by atoms with van der Waals surface area (Å²) in [5, 5.41) is 6.01. The zero-order valence-corrected chi connectivity index (χ0v) is 10.2. The average molecular weight is 255 g/mol. The Morgan fingerprint density at radius 1 is 1.37 bits per heavy atom. The number of carbonyl (C=O) groups is 1. The van der Waals surface area contributed by atoms with Crippen LogP contribution >= 0.6 is 0 Å². The summed E-state index contributed by atoms with van der Waals surface area (Å²) >= 11 is 0. The van der Waals surface area contributed by atoms with Crippen molar-refractivity contribution >= 4 is 23.1 Å². The number of hydrogen-bond acceptors (Lipinski definition) is 5. The Morgan fingerprint density at radius 3 is 3.11 bits per heavy atom. The smallest absolute Gasteiger partial charge is 0.228 e.